The lowest BCUT2D eigenvalue weighted by Crippen LogP contribution is -2.33. The molecule has 766 valence electrons. The third-order valence-corrected chi connectivity index (χ3v) is 30.1. The van der Waals surface area contributed by atoms with Crippen molar-refractivity contribution < 1.29 is 50.7 Å². The van der Waals surface area contributed by atoms with Gasteiger partial charge in [-0.1, -0.05) is 6.07 Å². The van der Waals surface area contributed by atoms with Crippen molar-refractivity contribution >= 4 is 56.8 Å². The van der Waals surface area contributed by atoms with Gasteiger partial charge in [-0.15, -0.1) is 0 Å². The van der Waals surface area contributed by atoms with E-state index in [0.717, 1.165) is 139 Å². The van der Waals surface area contributed by atoms with Crippen molar-refractivity contribution in [2.75, 3.05) is 207 Å². The molecule has 0 aliphatic carbocycles. The standard InChI is InChI=1S/C24H27FN4O2.C23H25FN4O3.C22H23FN4O2.2C21H23FN4O2/c1-15(2)27-10-17-12-28(13-18(17)11-27)19-5-7-23-26-21(9-24(30)29(23)14-19)16-4-6-22(31-3)20(25)8-16;1-31-21-4-2-15(8-19(21)24)20-9-23(30)28-14-18(3-5-22(28)25-20)27-12-16-10-26(6-7-29)11-17(16)13-27;1-25-8-7-15-11-26(13-19(15)25)16-4-6-21-24-18(10-22(28)27(21)12-16)14-3-5-20(29-2)17(23)9-14;1-24(2)15-8-9-25(12-15)16-5-7-20-23-18(11-21(27)26(20)13-16)14-4-6-19(28-3)17(22)10-14;1-24(2)16-8-9-25(13-16)20-11-21(27)26-12-15(5-7-19(26)23-20)14-4-6-18(28-3)17(22)10-14/h4-9,14-15,17-18H,10-13H2,1-3H3;2-5,8-9,14,16-17,29H,6-7,10-13H2,1H3;3-6,9-10,12,15,19H,7-8,11,13H2,1-2H3;4-7,10-11,13,15H,8-9,12H2,1-3H3;4-7,10-12,16H,8-9,13H2,1-3H3/t17-,18+;16-,17+;15-,19+;15-;16-/m..010/s1. The molecule has 0 radical (unpaired) electrons. The molecule has 0 saturated carbocycles. The second kappa shape index (κ2) is 43.2. The molecule has 10 aromatic heterocycles. The summed E-state index contributed by atoms with van der Waals surface area (Å²) in [7, 11) is 17.6. The van der Waals surface area contributed by atoms with Crippen LogP contribution in [0.15, 0.2) is 237 Å². The van der Waals surface area contributed by atoms with Gasteiger partial charge in [-0.25, -0.2) is 46.9 Å². The number of halogens is 5. The Morgan fingerprint density at radius 3 is 1.00 bits per heavy atom. The molecule has 8 aliphatic heterocycles. The van der Waals surface area contributed by atoms with Crippen molar-refractivity contribution in [2.24, 2.45) is 29.6 Å². The van der Waals surface area contributed by atoms with Gasteiger partial charge in [-0.2, -0.15) is 0 Å². The lowest BCUT2D eigenvalue weighted by Gasteiger charge is -2.25. The minimum Gasteiger partial charge on any atom is -0.494 e. The fourth-order valence-electron chi connectivity index (χ4n) is 21.7. The molecule has 8 atom stereocenters. The maximum Gasteiger partial charge on any atom is 0.259 e. The summed E-state index contributed by atoms with van der Waals surface area (Å²) in [4.78, 5) is 110. The van der Waals surface area contributed by atoms with Gasteiger partial charge in [0.1, 0.15) is 34.1 Å². The number of methoxy groups -OCH3 is 5. The largest absolute Gasteiger partial charge is 0.494 e. The zero-order chi connectivity index (χ0) is 103. The smallest absolute Gasteiger partial charge is 0.259 e. The average molecular weight is 2010 g/mol. The van der Waals surface area contributed by atoms with Crippen LogP contribution in [-0.4, -0.2) is 283 Å². The van der Waals surface area contributed by atoms with Crippen molar-refractivity contribution in [1.82, 2.24) is 71.4 Å². The molecule has 15 aromatic rings. The summed E-state index contributed by atoms with van der Waals surface area (Å²) in [6, 6.07) is 51.6. The molecule has 8 aliphatic rings. The number of rotatable bonds is 20. The van der Waals surface area contributed by atoms with Crippen LogP contribution in [0, 0.1) is 58.7 Å². The number of β-amino-alcohol motifs (C(OH)–C–C–N with tert-alkyl or cyclic N) is 1. The highest BCUT2D eigenvalue weighted by Crippen LogP contribution is 2.40. The highest BCUT2D eigenvalue weighted by Gasteiger charge is 2.44. The van der Waals surface area contributed by atoms with Gasteiger partial charge in [-0.3, -0.25) is 46.0 Å². The number of anilines is 5. The van der Waals surface area contributed by atoms with E-state index in [0.29, 0.717) is 138 Å². The molecule has 147 heavy (non-hydrogen) atoms. The van der Waals surface area contributed by atoms with Crippen LogP contribution in [0.5, 0.6) is 28.7 Å². The molecule has 36 heteroatoms. The molecule has 8 saturated heterocycles. The van der Waals surface area contributed by atoms with Gasteiger partial charge < -0.3 is 77.8 Å². The third-order valence-electron chi connectivity index (χ3n) is 30.1. The Hall–Kier alpha value is -14.7. The minimum atomic E-state index is -0.491. The predicted molar refractivity (Wildman–Crippen MR) is 561 cm³/mol. The van der Waals surface area contributed by atoms with Crippen LogP contribution in [0.4, 0.5) is 50.5 Å². The number of likely N-dealkylation sites (N-methyl/N-ethyl adjacent to an activating group) is 3. The molecular formula is C111H121F5N20O11. The van der Waals surface area contributed by atoms with E-state index in [1.165, 1.54) is 120 Å². The maximum absolute atomic E-state index is 14.1. The number of aliphatic hydroxyl groups excluding tert-OH is 1. The summed E-state index contributed by atoms with van der Waals surface area (Å²) in [6.07, 6.45) is 12.5. The lowest BCUT2D eigenvalue weighted by atomic mass is 10.0. The second-order valence-electron chi connectivity index (χ2n) is 39.8. The number of pyridine rings is 5. The quantitative estimate of drug-likeness (QED) is 0.0694. The van der Waals surface area contributed by atoms with E-state index in [9.17, 15) is 45.9 Å². The van der Waals surface area contributed by atoms with E-state index in [2.05, 4.69) is 123 Å². The predicted octanol–water partition coefficient (Wildman–Crippen LogP) is 13.1. The molecule has 0 amide bonds. The van der Waals surface area contributed by atoms with Crippen LogP contribution >= 0.6 is 0 Å². The van der Waals surface area contributed by atoms with Crippen molar-refractivity contribution in [3.05, 3.63) is 294 Å². The van der Waals surface area contributed by atoms with E-state index >= 15 is 0 Å². The molecule has 1 N–H and O–H groups in total. The Balaban J connectivity index is 0.000000116. The van der Waals surface area contributed by atoms with Crippen molar-refractivity contribution in [1.29, 1.82) is 0 Å². The summed E-state index contributed by atoms with van der Waals surface area (Å²) >= 11 is 0. The number of likely N-dealkylation sites (tertiary alicyclic amines) is 3. The number of hydrogen-bond donors (Lipinski definition) is 1. The van der Waals surface area contributed by atoms with Crippen LogP contribution < -0.4 is 76.0 Å². The summed E-state index contributed by atoms with van der Waals surface area (Å²) in [6.45, 7) is 20.5. The first kappa shape index (κ1) is 101. The summed E-state index contributed by atoms with van der Waals surface area (Å²) in [5.41, 5.74) is 11.2. The highest BCUT2D eigenvalue weighted by molar-refractivity contribution is 5.71. The zero-order valence-electron chi connectivity index (χ0n) is 84.4. The Kier molecular flexibility index (Phi) is 29.6. The molecule has 5 aromatic carbocycles. The van der Waals surface area contributed by atoms with E-state index in [-0.39, 0.29) is 63.2 Å². The molecule has 18 heterocycles. The van der Waals surface area contributed by atoms with Gasteiger partial charge >= 0.3 is 0 Å². The monoisotopic (exact) mass is 2000 g/mol. The third kappa shape index (κ3) is 21.5. The second-order valence-corrected chi connectivity index (χ2v) is 39.8. The number of ether oxygens (including phenoxy) is 5. The van der Waals surface area contributed by atoms with E-state index < -0.39 is 29.1 Å². The molecule has 0 unspecified atom stereocenters. The van der Waals surface area contributed by atoms with Crippen LogP contribution in [0.25, 0.3) is 84.4 Å². The van der Waals surface area contributed by atoms with Gasteiger partial charge in [0, 0.05) is 206 Å². The van der Waals surface area contributed by atoms with E-state index in [4.69, 9.17) is 28.8 Å². The Labute approximate surface area is 846 Å². The van der Waals surface area contributed by atoms with Crippen LogP contribution in [0.2, 0.25) is 0 Å². The average Bonchev–Trinajstić information content (AvgIpc) is 1.67. The first-order valence-electron chi connectivity index (χ1n) is 49.7. The minimum absolute atomic E-state index is 0.149. The first-order chi connectivity index (χ1) is 70.9. The van der Waals surface area contributed by atoms with Crippen molar-refractivity contribution in [2.45, 2.75) is 57.3 Å². The number of benzene rings is 5. The van der Waals surface area contributed by atoms with Gasteiger partial charge in [0.15, 0.2) is 57.8 Å². The van der Waals surface area contributed by atoms with E-state index in [1.807, 2.05) is 79.4 Å². The molecule has 31 nitrogen and oxygen atoms in total. The Morgan fingerprint density at radius 1 is 0.333 bits per heavy atom. The highest BCUT2D eigenvalue weighted by atomic mass is 19.1. The molecular weight excluding hydrogens is 1880 g/mol. The lowest BCUT2D eigenvalue weighted by molar-refractivity contribution is 0.214. The zero-order valence-corrected chi connectivity index (χ0v) is 84.4. The van der Waals surface area contributed by atoms with Crippen LogP contribution in [-0.2, 0) is 0 Å². The van der Waals surface area contributed by atoms with Gasteiger partial charge in [-0.05, 0) is 261 Å². The fraction of sp³-hybridized carbons (Fsp3) is 0.369. The van der Waals surface area contributed by atoms with Crippen molar-refractivity contribution in [3.8, 4) is 84.9 Å². The molecule has 0 spiro atoms. The summed E-state index contributed by atoms with van der Waals surface area (Å²) in [5, 5.41) is 9.16. The van der Waals surface area contributed by atoms with Gasteiger partial charge in [0.2, 0.25) is 0 Å². The Morgan fingerprint density at radius 2 is 0.646 bits per heavy atom. The van der Waals surface area contributed by atoms with E-state index in [1.54, 1.807) is 84.5 Å². The first-order valence-corrected chi connectivity index (χ1v) is 49.7. The van der Waals surface area contributed by atoms with Crippen molar-refractivity contribution in [3.63, 3.8) is 0 Å². The maximum atomic E-state index is 14.1. The molecule has 0 bridgehead atoms. The molecule has 8 fully saturated rings. The fourth-order valence-corrected chi connectivity index (χ4v) is 21.7. The number of fused-ring (bicyclic) bond motifs is 8. The summed E-state index contributed by atoms with van der Waals surface area (Å²) < 4.78 is 103. The van der Waals surface area contributed by atoms with Gasteiger partial charge in [0.25, 0.3) is 27.8 Å². The van der Waals surface area contributed by atoms with Crippen LogP contribution in [0.3, 0.4) is 0 Å². The number of nitrogens with zero attached hydrogens (tertiary/aromatic N) is 20. The van der Waals surface area contributed by atoms with Gasteiger partial charge in [0.05, 0.1) is 87.7 Å². The SMILES string of the molecule is COc1ccc(-c2cc(=O)n3cc(N4CC[C@@H](N(C)C)C4)ccc3n2)cc1F.COc1ccc(-c2cc(=O)n3cc(N4C[C@@H]5CCN(C)[C@@H]5C4)ccc3n2)cc1F.COc1ccc(-c2cc(=O)n3cc(N4C[C@@H]5CN(C(C)C)C[C@@H]5C4)ccc3n2)cc1F.COc1ccc(-c2cc(=O)n3cc(N4C[C@H]5CN(CCO)C[C@H]5C4)ccc3n2)cc1F.COc1ccc(-c2ccc3nc(N4CC[C@H](N(C)C)C4)cc(=O)n3c2)cc1F. The molecule has 23 rings (SSSR count). The Bertz CT molecular complexity index is 7730. The van der Waals surface area contributed by atoms with Crippen LogP contribution in [0.1, 0.15) is 33.1 Å². The topological polar surface area (TPSA) is 271 Å². The number of aliphatic hydroxyl groups is 1. The number of aromatic nitrogens is 10. The number of hydrogen-bond acceptors (Lipinski definition) is 26. The summed E-state index contributed by atoms with van der Waals surface area (Å²) in [5.74, 6) is 2.39. The normalized spacial score (nSPS) is 19.6.